The normalized spacial score (nSPS) is 20.1. The zero-order chi connectivity index (χ0) is 20.8. The Labute approximate surface area is 165 Å². The van der Waals surface area contributed by atoms with E-state index < -0.39 is 18.8 Å². The molecule has 3 aromatic rings. The first-order valence-electron chi connectivity index (χ1n) is 9.73. The molecule has 0 spiro atoms. The molecule has 0 aromatic carbocycles. The second-order valence-electron chi connectivity index (χ2n) is 7.40. The molecule has 3 aromatic heterocycles. The summed E-state index contributed by atoms with van der Waals surface area (Å²) in [5, 5.41) is 1.98. The van der Waals surface area contributed by atoms with Crippen LogP contribution < -0.4 is 5.32 Å². The van der Waals surface area contributed by atoms with Gasteiger partial charge < -0.3 is 14.8 Å². The number of amides is 2. The molecule has 1 aliphatic heterocycles. The minimum absolute atomic E-state index is 0.0118. The summed E-state index contributed by atoms with van der Waals surface area (Å²) in [7, 11) is 0. The highest BCUT2D eigenvalue weighted by atomic mass is 19.4. The van der Waals surface area contributed by atoms with Crippen molar-refractivity contribution in [3.63, 3.8) is 0 Å². The molecule has 2 amide bonds. The zero-order valence-electron chi connectivity index (χ0n) is 16.3. The molecule has 2 atom stereocenters. The summed E-state index contributed by atoms with van der Waals surface area (Å²) < 4.78 is 41.4. The lowest BCUT2D eigenvalue weighted by atomic mass is 9.91. The molecular formula is C19H23F3N6O. The van der Waals surface area contributed by atoms with Crippen LogP contribution in [0.5, 0.6) is 0 Å². The number of hydrogen-bond acceptors (Lipinski definition) is 3. The topological polar surface area (TPSA) is 67.5 Å². The van der Waals surface area contributed by atoms with Gasteiger partial charge in [0.05, 0.1) is 11.7 Å². The maximum atomic E-state index is 12.4. The Morgan fingerprint density at radius 1 is 1.24 bits per heavy atom. The van der Waals surface area contributed by atoms with Crippen LogP contribution in [0.2, 0.25) is 0 Å². The number of hydrogen-bond donors (Lipinski definition) is 1. The summed E-state index contributed by atoms with van der Waals surface area (Å²) in [6.45, 7) is 4.32. The smallest absolute Gasteiger partial charge is 0.331 e. The lowest BCUT2D eigenvalue weighted by Crippen LogP contribution is -2.42. The lowest BCUT2D eigenvalue weighted by Gasteiger charge is -2.18. The highest BCUT2D eigenvalue weighted by Gasteiger charge is 2.38. The molecule has 156 valence electrons. The fraction of sp³-hybridized carbons (Fsp3) is 0.526. The van der Waals surface area contributed by atoms with E-state index in [9.17, 15) is 18.0 Å². The van der Waals surface area contributed by atoms with Gasteiger partial charge in [0, 0.05) is 43.6 Å². The first kappa shape index (κ1) is 19.5. The predicted octanol–water partition coefficient (Wildman–Crippen LogP) is 3.40. The van der Waals surface area contributed by atoms with Crippen LogP contribution in [-0.2, 0) is 6.54 Å². The number of rotatable bonds is 4. The zero-order valence-corrected chi connectivity index (χ0v) is 16.3. The predicted molar refractivity (Wildman–Crippen MR) is 102 cm³/mol. The van der Waals surface area contributed by atoms with Gasteiger partial charge in [-0.25, -0.2) is 14.8 Å². The van der Waals surface area contributed by atoms with Crippen LogP contribution in [0.3, 0.4) is 0 Å². The Bertz CT molecular complexity index is 1040. The number of imidazole rings is 1. The Morgan fingerprint density at radius 2 is 2.03 bits per heavy atom. The fourth-order valence-electron chi connectivity index (χ4n) is 4.21. The number of aromatic nitrogens is 4. The van der Waals surface area contributed by atoms with Crippen molar-refractivity contribution in [2.45, 2.75) is 38.9 Å². The van der Waals surface area contributed by atoms with Crippen LogP contribution in [0.15, 0.2) is 24.7 Å². The van der Waals surface area contributed by atoms with Gasteiger partial charge in [0.2, 0.25) is 0 Å². The van der Waals surface area contributed by atoms with Crippen molar-refractivity contribution < 1.29 is 18.0 Å². The summed E-state index contributed by atoms with van der Waals surface area (Å²) in [6, 6.07) is 1.31. The monoisotopic (exact) mass is 408 g/mol. The number of urea groups is 1. The molecular weight excluding hydrogens is 385 g/mol. The first-order chi connectivity index (χ1) is 13.8. The third-order valence-corrected chi connectivity index (χ3v) is 5.69. The molecule has 1 saturated heterocycles. The van der Waals surface area contributed by atoms with Gasteiger partial charge in [0.15, 0.2) is 11.3 Å². The Kier molecular flexibility index (Phi) is 4.87. The maximum Gasteiger partial charge on any atom is 0.405 e. The molecule has 0 radical (unpaired) electrons. The fourth-order valence-corrected chi connectivity index (χ4v) is 4.21. The summed E-state index contributed by atoms with van der Waals surface area (Å²) in [5.74, 6) is 0.130. The molecule has 0 aliphatic carbocycles. The molecule has 7 nitrogen and oxygen atoms in total. The molecule has 4 rings (SSSR count). The van der Waals surface area contributed by atoms with Crippen LogP contribution >= 0.6 is 0 Å². The number of carbonyl (C=O) groups excluding carboxylic acids is 1. The highest BCUT2D eigenvalue weighted by Crippen LogP contribution is 2.36. The molecule has 4 heterocycles. The Hall–Kier alpha value is -2.78. The molecule has 0 unspecified atom stereocenters. The summed E-state index contributed by atoms with van der Waals surface area (Å²) in [6.07, 6.45) is 1.88. The standard InChI is InChI=1S/C19H23F3N6O/c1-3-12-9-27(18(29)25-11-19(20,21)22)10-13(12)15-7-23-16-8-24-17-14(28(15)16)5-6-26(17)4-2/h5-8,12-13H,3-4,9-11H2,1-2H3,(H,25,29)/t12-,13-/m1/s1. The largest absolute Gasteiger partial charge is 0.405 e. The van der Waals surface area contributed by atoms with Gasteiger partial charge >= 0.3 is 12.2 Å². The van der Waals surface area contributed by atoms with Crippen LogP contribution in [-0.4, -0.2) is 55.7 Å². The van der Waals surface area contributed by atoms with Gasteiger partial charge in [-0.15, -0.1) is 0 Å². The van der Waals surface area contributed by atoms with Crippen molar-refractivity contribution in [2.75, 3.05) is 19.6 Å². The second kappa shape index (κ2) is 7.23. The minimum Gasteiger partial charge on any atom is -0.331 e. The Morgan fingerprint density at radius 3 is 2.72 bits per heavy atom. The average molecular weight is 408 g/mol. The van der Waals surface area contributed by atoms with E-state index in [0.29, 0.717) is 13.1 Å². The number of alkyl halides is 3. The number of fused-ring (bicyclic) bond motifs is 3. The molecule has 1 aliphatic rings. The molecule has 0 bridgehead atoms. The lowest BCUT2D eigenvalue weighted by molar-refractivity contribution is -0.123. The van der Waals surface area contributed by atoms with E-state index in [1.807, 2.05) is 36.0 Å². The highest BCUT2D eigenvalue weighted by molar-refractivity contribution is 5.76. The Balaban J connectivity index is 1.66. The van der Waals surface area contributed by atoms with Crippen molar-refractivity contribution in [2.24, 2.45) is 5.92 Å². The van der Waals surface area contributed by atoms with E-state index in [1.165, 1.54) is 4.90 Å². The van der Waals surface area contributed by atoms with Crippen molar-refractivity contribution in [1.82, 2.24) is 29.2 Å². The van der Waals surface area contributed by atoms with Crippen LogP contribution in [0.1, 0.15) is 31.9 Å². The quantitative estimate of drug-likeness (QED) is 0.720. The van der Waals surface area contributed by atoms with Crippen LogP contribution in [0, 0.1) is 5.92 Å². The summed E-state index contributed by atoms with van der Waals surface area (Å²) >= 11 is 0. The summed E-state index contributed by atoms with van der Waals surface area (Å²) in [5.41, 5.74) is 3.46. The van der Waals surface area contributed by atoms with Crippen molar-refractivity contribution in [3.8, 4) is 0 Å². The SMILES string of the molecule is CC[C@@H]1CN(C(=O)NCC(F)(F)F)C[C@H]1c1cnc2cnc3c(ccn3CC)n12. The van der Waals surface area contributed by atoms with Gasteiger partial charge in [-0.2, -0.15) is 13.2 Å². The average Bonchev–Trinajstić information content (AvgIpc) is 3.39. The number of aryl methyl sites for hydroxylation is 1. The van der Waals surface area contributed by atoms with E-state index in [1.54, 1.807) is 12.4 Å². The third kappa shape index (κ3) is 3.51. The number of halogens is 3. The van der Waals surface area contributed by atoms with Crippen LogP contribution in [0.4, 0.5) is 18.0 Å². The first-order valence-corrected chi connectivity index (χ1v) is 9.73. The van der Waals surface area contributed by atoms with Gasteiger partial charge in [0.1, 0.15) is 6.54 Å². The number of likely N-dealkylation sites (tertiary alicyclic amines) is 1. The van der Waals surface area contributed by atoms with E-state index in [0.717, 1.165) is 35.5 Å². The van der Waals surface area contributed by atoms with E-state index in [4.69, 9.17) is 0 Å². The summed E-state index contributed by atoms with van der Waals surface area (Å²) in [4.78, 5) is 22.7. The molecule has 1 N–H and O–H groups in total. The van der Waals surface area contributed by atoms with Crippen molar-refractivity contribution in [1.29, 1.82) is 0 Å². The molecule has 1 fully saturated rings. The van der Waals surface area contributed by atoms with E-state index in [2.05, 4.69) is 14.4 Å². The number of carbonyl (C=O) groups is 1. The minimum atomic E-state index is -4.42. The van der Waals surface area contributed by atoms with Crippen molar-refractivity contribution >= 4 is 22.8 Å². The maximum absolute atomic E-state index is 12.4. The van der Waals surface area contributed by atoms with Gasteiger partial charge in [0.25, 0.3) is 0 Å². The van der Waals surface area contributed by atoms with Gasteiger partial charge in [-0.3, -0.25) is 4.40 Å². The molecule has 29 heavy (non-hydrogen) atoms. The van der Waals surface area contributed by atoms with Gasteiger partial charge in [-0.1, -0.05) is 13.3 Å². The number of nitrogens with one attached hydrogen (secondary N) is 1. The van der Waals surface area contributed by atoms with E-state index in [-0.39, 0.29) is 11.8 Å². The second-order valence-corrected chi connectivity index (χ2v) is 7.40. The van der Waals surface area contributed by atoms with Gasteiger partial charge in [-0.05, 0) is 18.9 Å². The van der Waals surface area contributed by atoms with E-state index >= 15 is 0 Å². The third-order valence-electron chi connectivity index (χ3n) is 5.69. The van der Waals surface area contributed by atoms with Crippen molar-refractivity contribution in [3.05, 3.63) is 30.4 Å². The molecule has 10 heteroatoms. The molecule has 0 saturated carbocycles. The number of nitrogens with zero attached hydrogens (tertiary/aromatic N) is 5. The van der Waals surface area contributed by atoms with Crippen LogP contribution in [0.25, 0.3) is 16.8 Å².